The van der Waals surface area contributed by atoms with E-state index in [1.165, 1.54) is 0 Å². The lowest BCUT2D eigenvalue weighted by Gasteiger charge is -2.45. The fourth-order valence-corrected chi connectivity index (χ4v) is 2.02. The van der Waals surface area contributed by atoms with E-state index in [9.17, 15) is 0 Å². The first-order valence-corrected chi connectivity index (χ1v) is 5.67. The first-order valence-electron chi connectivity index (χ1n) is 5.67. The van der Waals surface area contributed by atoms with Gasteiger partial charge in [-0.05, 0) is 33.0 Å². The van der Waals surface area contributed by atoms with Crippen LogP contribution in [0.15, 0.2) is 18.3 Å². The number of piperazine rings is 1. The normalized spacial score (nSPS) is 21.1. The Morgan fingerprint density at radius 2 is 2.06 bits per heavy atom. The van der Waals surface area contributed by atoms with Crippen molar-refractivity contribution in [1.29, 1.82) is 0 Å². The second-order valence-corrected chi connectivity index (χ2v) is 5.11. The quantitative estimate of drug-likeness (QED) is 0.772. The molecular weight excluding hydrogens is 200 g/mol. The monoisotopic (exact) mass is 220 g/mol. The fourth-order valence-electron chi connectivity index (χ4n) is 2.02. The van der Waals surface area contributed by atoms with Gasteiger partial charge in [0.1, 0.15) is 5.82 Å². The number of nitrogen functional groups attached to an aromatic ring is 1. The third-order valence-electron chi connectivity index (χ3n) is 3.41. The van der Waals surface area contributed by atoms with E-state index < -0.39 is 0 Å². The molecule has 0 atom stereocenters. The van der Waals surface area contributed by atoms with Crippen molar-refractivity contribution in [2.24, 2.45) is 0 Å². The van der Waals surface area contributed by atoms with Gasteiger partial charge in [0.15, 0.2) is 0 Å². The molecule has 1 aromatic rings. The molecule has 1 aliphatic rings. The van der Waals surface area contributed by atoms with Crippen LogP contribution in [-0.4, -0.2) is 42.1 Å². The Balaban J connectivity index is 2.14. The first kappa shape index (κ1) is 11.2. The van der Waals surface area contributed by atoms with Crippen molar-refractivity contribution < 1.29 is 0 Å². The molecule has 88 valence electrons. The lowest BCUT2D eigenvalue weighted by molar-refractivity contribution is 0.138. The molecule has 2 heterocycles. The summed E-state index contributed by atoms with van der Waals surface area (Å²) in [6.45, 7) is 7.61. The largest absolute Gasteiger partial charge is 0.397 e. The molecule has 0 aliphatic carbocycles. The zero-order valence-corrected chi connectivity index (χ0v) is 10.3. The number of nitrogens with two attached hydrogens (primary N) is 1. The van der Waals surface area contributed by atoms with Gasteiger partial charge in [0, 0.05) is 25.2 Å². The predicted octanol–water partition coefficient (Wildman–Crippen LogP) is 1.19. The van der Waals surface area contributed by atoms with Crippen LogP contribution in [0.4, 0.5) is 11.5 Å². The number of pyridine rings is 1. The Morgan fingerprint density at radius 1 is 1.31 bits per heavy atom. The SMILES string of the molecule is CN1CCN(c2ccc(N)cn2)CC1(C)C. The summed E-state index contributed by atoms with van der Waals surface area (Å²) in [6, 6.07) is 3.91. The fraction of sp³-hybridized carbons (Fsp3) is 0.583. The third-order valence-corrected chi connectivity index (χ3v) is 3.41. The molecule has 2 rings (SSSR count). The third kappa shape index (κ3) is 2.11. The molecule has 1 aliphatic heterocycles. The number of anilines is 2. The van der Waals surface area contributed by atoms with Crippen LogP contribution in [0.25, 0.3) is 0 Å². The van der Waals surface area contributed by atoms with E-state index >= 15 is 0 Å². The lowest BCUT2D eigenvalue weighted by Crippen LogP contribution is -2.57. The maximum atomic E-state index is 5.64. The molecule has 1 saturated heterocycles. The maximum Gasteiger partial charge on any atom is 0.128 e. The van der Waals surface area contributed by atoms with Crippen LogP contribution in [0, 0.1) is 0 Å². The summed E-state index contributed by atoms with van der Waals surface area (Å²) >= 11 is 0. The molecule has 4 heteroatoms. The van der Waals surface area contributed by atoms with Gasteiger partial charge in [0.25, 0.3) is 0 Å². The second-order valence-electron chi connectivity index (χ2n) is 5.11. The first-order chi connectivity index (χ1) is 7.49. The van der Waals surface area contributed by atoms with Gasteiger partial charge in [-0.3, -0.25) is 4.90 Å². The average molecular weight is 220 g/mol. The van der Waals surface area contributed by atoms with Gasteiger partial charge in [-0.15, -0.1) is 0 Å². The minimum atomic E-state index is 0.196. The Hall–Kier alpha value is -1.29. The number of nitrogens with zero attached hydrogens (tertiary/aromatic N) is 3. The van der Waals surface area contributed by atoms with Crippen molar-refractivity contribution in [1.82, 2.24) is 9.88 Å². The molecule has 0 unspecified atom stereocenters. The van der Waals surface area contributed by atoms with Crippen LogP contribution >= 0.6 is 0 Å². The number of hydrogen-bond acceptors (Lipinski definition) is 4. The van der Waals surface area contributed by atoms with Crippen molar-refractivity contribution in [2.45, 2.75) is 19.4 Å². The standard InChI is InChI=1S/C12H20N4/c1-12(2)9-16(7-6-15(12)3)11-5-4-10(13)8-14-11/h4-5,8H,6-7,9,13H2,1-3H3. The van der Waals surface area contributed by atoms with Gasteiger partial charge >= 0.3 is 0 Å². The molecule has 1 fully saturated rings. The molecule has 1 aromatic heterocycles. The zero-order chi connectivity index (χ0) is 11.8. The highest BCUT2D eigenvalue weighted by molar-refractivity contribution is 5.46. The van der Waals surface area contributed by atoms with E-state index in [-0.39, 0.29) is 5.54 Å². The molecule has 0 spiro atoms. The Morgan fingerprint density at radius 3 is 2.62 bits per heavy atom. The molecule has 0 aromatic carbocycles. The molecule has 0 radical (unpaired) electrons. The summed E-state index contributed by atoms with van der Waals surface area (Å²) in [4.78, 5) is 9.08. The molecular formula is C12H20N4. The Labute approximate surface area is 97.1 Å². The molecule has 0 bridgehead atoms. The zero-order valence-electron chi connectivity index (χ0n) is 10.3. The van der Waals surface area contributed by atoms with E-state index in [0.29, 0.717) is 0 Å². The van der Waals surface area contributed by atoms with Gasteiger partial charge < -0.3 is 10.6 Å². The Bertz CT molecular complexity index is 358. The summed E-state index contributed by atoms with van der Waals surface area (Å²) in [5.41, 5.74) is 6.56. The summed E-state index contributed by atoms with van der Waals surface area (Å²) in [6.07, 6.45) is 1.72. The highest BCUT2D eigenvalue weighted by atomic mass is 15.3. The van der Waals surface area contributed by atoms with Crippen molar-refractivity contribution in [3.05, 3.63) is 18.3 Å². The highest BCUT2D eigenvalue weighted by Crippen LogP contribution is 2.23. The summed E-state index contributed by atoms with van der Waals surface area (Å²) < 4.78 is 0. The number of aromatic nitrogens is 1. The predicted molar refractivity (Wildman–Crippen MR) is 67.6 cm³/mol. The van der Waals surface area contributed by atoms with E-state index in [2.05, 4.69) is 35.7 Å². The smallest absolute Gasteiger partial charge is 0.128 e. The van der Waals surface area contributed by atoms with Crippen LogP contribution in [-0.2, 0) is 0 Å². The minimum absolute atomic E-state index is 0.196. The van der Waals surface area contributed by atoms with Crippen LogP contribution in [0.3, 0.4) is 0 Å². The lowest BCUT2D eigenvalue weighted by atomic mass is 10.00. The van der Waals surface area contributed by atoms with Gasteiger partial charge in [-0.1, -0.05) is 0 Å². The summed E-state index contributed by atoms with van der Waals surface area (Å²) in [5, 5.41) is 0. The van der Waals surface area contributed by atoms with Crippen LogP contribution in [0.5, 0.6) is 0 Å². The van der Waals surface area contributed by atoms with Crippen molar-refractivity contribution >= 4 is 11.5 Å². The molecule has 0 saturated carbocycles. The van der Waals surface area contributed by atoms with E-state index in [4.69, 9.17) is 5.73 Å². The van der Waals surface area contributed by atoms with Crippen LogP contribution in [0.1, 0.15) is 13.8 Å². The van der Waals surface area contributed by atoms with Crippen LogP contribution in [0.2, 0.25) is 0 Å². The molecule has 0 amide bonds. The molecule has 16 heavy (non-hydrogen) atoms. The van der Waals surface area contributed by atoms with Crippen LogP contribution < -0.4 is 10.6 Å². The van der Waals surface area contributed by atoms with Gasteiger partial charge in [-0.2, -0.15) is 0 Å². The van der Waals surface area contributed by atoms with E-state index in [1.54, 1.807) is 6.20 Å². The second kappa shape index (κ2) is 3.94. The maximum absolute atomic E-state index is 5.64. The highest BCUT2D eigenvalue weighted by Gasteiger charge is 2.31. The van der Waals surface area contributed by atoms with E-state index in [1.807, 2.05) is 12.1 Å². The van der Waals surface area contributed by atoms with Gasteiger partial charge in [-0.25, -0.2) is 4.98 Å². The topological polar surface area (TPSA) is 45.4 Å². The van der Waals surface area contributed by atoms with Crippen molar-refractivity contribution in [2.75, 3.05) is 37.3 Å². The summed E-state index contributed by atoms with van der Waals surface area (Å²) in [5.74, 6) is 1.02. The average Bonchev–Trinajstić information content (AvgIpc) is 2.23. The van der Waals surface area contributed by atoms with Crippen molar-refractivity contribution in [3.63, 3.8) is 0 Å². The molecule has 2 N–H and O–H groups in total. The minimum Gasteiger partial charge on any atom is -0.397 e. The number of likely N-dealkylation sites (N-methyl/N-ethyl adjacent to an activating group) is 1. The number of rotatable bonds is 1. The number of hydrogen-bond donors (Lipinski definition) is 1. The van der Waals surface area contributed by atoms with Crippen molar-refractivity contribution in [3.8, 4) is 0 Å². The van der Waals surface area contributed by atoms with Gasteiger partial charge in [0.05, 0.1) is 11.9 Å². The Kier molecular flexibility index (Phi) is 2.76. The summed E-state index contributed by atoms with van der Waals surface area (Å²) in [7, 11) is 2.17. The van der Waals surface area contributed by atoms with E-state index in [0.717, 1.165) is 31.1 Å². The van der Waals surface area contributed by atoms with Gasteiger partial charge in [0.2, 0.25) is 0 Å². The molecule has 4 nitrogen and oxygen atoms in total.